The van der Waals surface area contributed by atoms with Gasteiger partial charge < -0.3 is 20.1 Å². The van der Waals surface area contributed by atoms with Gasteiger partial charge in [0.25, 0.3) is 0 Å². The average Bonchev–Trinajstić information content (AvgIpc) is 3.06. The van der Waals surface area contributed by atoms with Gasteiger partial charge in [-0.15, -0.1) is 0 Å². The van der Waals surface area contributed by atoms with Crippen molar-refractivity contribution in [3.05, 3.63) is 59.7 Å². The summed E-state index contributed by atoms with van der Waals surface area (Å²) in [6.45, 7) is 9.60. The van der Waals surface area contributed by atoms with E-state index in [1.54, 1.807) is 0 Å². The zero-order valence-corrected chi connectivity index (χ0v) is 20.3. The van der Waals surface area contributed by atoms with Crippen LogP contribution in [0.5, 0.6) is 0 Å². The zero-order chi connectivity index (χ0) is 24.8. The molecule has 1 heterocycles. The lowest BCUT2D eigenvalue weighted by Crippen LogP contribution is -2.70. The fraction of sp³-hybridized carbons (Fsp3) is 0.444. The number of carbonyl (C=O) groups is 3. The topological polar surface area (TPSA) is 95.9 Å². The molecule has 0 saturated carbocycles. The van der Waals surface area contributed by atoms with Crippen molar-refractivity contribution in [3.63, 3.8) is 0 Å². The zero-order valence-electron chi connectivity index (χ0n) is 20.3. The van der Waals surface area contributed by atoms with Gasteiger partial charge in [-0.25, -0.2) is 9.59 Å². The van der Waals surface area contributed by atoms with E-state index in [9.17, 15) is 19.5 Å². The first-order valence-corrected chi connectivity index (χ1v) is 11.6. The van der Waals surface area contributed by atoms with Crippen molar-refractivity contribution < 1.29 is 24.2 Å². The molecule has 1 saturated heterocycles. The number of benzene rings is 2. The summed E-state index contributed by atoms with van der Waals surface area (Å²) in [4.78, 5) is 39.2. The van der Waals surface area contributed by atoms with E-state index in [-0.39, 0.29) is 12.5 Å². The van der Waals surface area contributed by atoms with E-state index in [0.717, 1.165) is 22.3 Å². The minimum atomic E-state index is -1.04. The molecule has 2 aromatic rings. The van der Waals surface area contributed by atoms with Crippen LogP contribution in [0.15, 0.2) is 48.5 Å². The lowest BCUT2D eigenvalue weighted by Gasteiger charge is -2.53. The maximum atomic E-state index is 13.3. The second kappa shape index (κ2) is 8.46. The van der Waals surface area contributed by atoms with E-state index in [4.69, 9.17) is 4.74 Å². The number of rotatable bonds is 5. The summed E-state index contributed by atoms with van der Waals surface area (Å²) in [5.41, 5.74) is 3.32. The number of ether oxygens (including phenoxy) is 1. The highest BCUT2D eigenvalue weighted by Crippen LogP contribution is 2.44. The van der Waals surface area contributed by atoms with Gasteiger partial charge in [0, 0.05) is 17.9 Å². The molecule has 2 amide bonds. The van der Waals surface area contributed by atoms with Crippen LogP contribution >= 0.6 is 0 Å². The molecular formula is C27H32N2O5. The van der Waals surface area contributed by atoms with Crippen molar-refractivity contribution in [2.24, 2.45) is 10.8 Å². The van der Waals surface area contributed by atoms with Crippen LogP contribution in [-0.4, -0.2) is 53.2 Å². The van der Waals surface area contributed by atoms with Crippen LogP contribution in [0, 0.1) is 10.8 Å². The largest absolute Gasteiger partial charge is 0.480 e. The highest BCUT2D eigenvalue weighted by Gasteiger charge is 2.54. The van der Waals surface area contributed by atoms with Gasteiger partial charge in [0.2, 0.25) is 5.91 Å². The number of alkyl carbamates (subject to hydrolysis) is 1. The molecule has 34 heavy (non-hydrogen) atoms. The molecular weight excluding hydrogens is 432 g/mol. The van der Waals surface area contributed by atoms with Crippen LogP contribution in [0.25, 0.3) is 11.1 Å². The summed E-state index contributed by atoms with van der Waals surface area (Å²) in [5, 5.41) is 12.3. The van der Waals surface area contributed by atoms with Gasteiger partial charge in [-0.1, -0.05) is 83.1 Å². The summed E-state index contributed by atoms with van der Waals surface area (Å²) in [6.07, 6.45) is -0.693. The monoisotopic (exact) mass is 464 g/mol. The third-order valence-electron chi connectivity index (χ3n) is 6.87. The van der Waals surface area contributed by atoms with E-state index in [1.807, 2.05) is 71.0 Å². The molecule has 180 valence electrons. The van der Waals surface area contributed by atoms with Crippen molar-refractivity contribution in [3.8, 4) is 11.1 Å². The standard InChI is InChI=1S/C27H32N2O5/c1-26(2,3)21(23(30)29-15-27(4,5)22(29)24(31)32)28-25(33)34-14-20-18-12-8-6-10-16(18)17-11-7-9-13-19(17)20/h6-13,20-22H,14-15H2,1-5H3,(H,28,33)(H,31,32). The van der Waals surface area contributed by atoms with Crippen molar-refractivity contribution in [2.45, 2.75) is 52.6 Å². The summed E-state index contributed by atoms with van der Waals surface area (Å²) >= 11 is 0. The first-order valence-electron chi connectivity index (χ1n) is 11.6. The van der Waals surface area contributed by atoms with Crippen molar-refractivity contribution in [1.29, 1.82) is 0 Å². The van der Waals surface area contributed by atoms with E-state index in [0.29, 0.717) is 6.54 Å². The number of nitrogens with zero attached hydrogens (tertiary/aromatic N) is 1. The van der Waals surface area contributed by atoms with E-state index in [1.165, 1.54) is 4.90 Å². The molecule has 2 aromatic carbocycles. The smallest absolute Gasteiger partial charge is 0.407 e. The van der Waals surface area contributed by atoms with Gasteiger partial charge in [0.1, 0.15) is 18.7 Å². The number of carboxylic acid groups (broad SMARTS) is 1. The number of amides is 2. The third kappa shape index (κ3) is 4.15. The second-order valence-electron chi connectivity index (χ2n) is 11.0. The lowest BCUT2D eigenvalue weighted by molar-refractivity contribution is -0.174. The highest BCUT2D eigenvalue weighted by molar-refractivity contribution is 5.92. The summed E-state index contributed by atoms with van der Waals surface area (Å²) < 4.78 is 5.63. The Morgan fingerprint density at radius 3 is 2.06 bits per heavy atom. The fourth-order valence-corrected chi connectivity index (χ4v) is 5.17. The molecule has 2 atom stereocenters. The van der Waals surface area contributed by atoms with E-state index in [2.05, 4.69) is 17.4 Å². The summed E-state index contributed by atoms with van der Waals surface area (Å²) in [7, 11) is 0. The second-order valence-corrected chi connectivity index (χ2v) is 11.0. The molecule has 2 aliphatic rings. The molecule has 7 heteroatoms. The van der Waals surface area contributed by atoms with Crippen LogP contribution < -0.4 is 5.32 Å². The first-order chi connectivity index (χ1) is 15.9. The van der Waals surface area contributed by atoms with Crippen LogP contribution in [0.4, 0.5) is 4.79 Å². The van der Waals surface area contributed by atoms with Gasteiger partial charge in [0.05, 0.1) is 0 Å². The van der Waals surface area contributed by atoms with Crippen LogP contribution in [0.3, 0.4) is 0 Å². The number of likely N-dealkylation sites (tertiary alicyclic amines) is 1. The Morgan fingerprint density at radius 1 is 1.06 bits per heavy atom. The van der Waals surface area contributed by atoms with Gasteiger partial charge >= 0.3 is 12.1 Å². The van der Waals surface area contributed by atoms with Gasteiger partial charge in [0.15, 0.2) is 0 Å². The number of fused-ring (bicyclic) bond motifs is 3. The number of carbonyl (C=O) groups excluding carboxylic acids is 2. The lowest BCUT2D eigenvalue weighted by atomic mass is 9.73. The minimum absolute atomic E-state index is 0.0884. The minimum Gasteiger partial charge on any atom is -0.480 e. The molecule has 0 spiro atoms. The Morgan fingerprint density at radius 2 is 1.59 bits per heavy atom. The van der Waals surface area contributed by atoms with Gasteiger partial charge in [-0.3, -0.25) is 4.79 Å². The van der Waals surface area contributed by atoms with Crippen LogP contribution in [0.2, 0.25) is 0 Å². The molecule has 1 fully saturated rings. The predicted octanol–water partition coefficient (Wildman–Crippen LogP) is 4.26. The Hall–Kier alpha value is -3.35. The predicted molar refractivity (Wildman–Crippen MR) is 128 cm³/mol. The Bertz CT molecular complexity index is 1090. The normalized spacial score (nSPS) is 19.4. The summed E-state index contributed by atoms with van der Waals surface area (Å²) in [6, 6.07) is 14.3. The third-order valence-corrected chi connectivity index (χ3v) is 6.87. The molecule has 0 aromatic heterocycles. The molecule has 0 radical (unpaired) electrons. The fourth-order valence-electron chi connectivity index (χ4n) is 5.17. The van der Waals surface area contributed by atoms with Gasteiger partial charge in [-0.2, -0.15) is 0 Å². The van der Waals surface area contributed by atoms with Crippen LogP contribution in [0.1, 0.15) is 51.7 Å². The number of hydrogen-bond donors (Lipinski definition) is 2. The Labute approximate surface area is 200 Å². The number of aliphatic carboxylic acids is 1. The SMILES string of the molecule is CC(C)(C)C(NC(=O)OCC1c2ccccc2-c2ccccc21)C(=O)N1CC(C)(C)C1C(=O)O. The van der Waals surface area contributed by atoms with Gasteiger partial charge in [-0.05, 0) is 27.7 Å². The number of hydrogen-bond acceptors (Lipinski definition) is 4. The molecule has 2 unspecified atom stereocenters. The quantitative estimate of drug-likeness (QED) is 0.689. The maximum Gasteiger partial charge on any atom is 0.407 e. The summed E-state index contributed by atoms with van der Waals surface area (Å²) in [5.74, 6) is -1.54. The molecule has 1 aliphatic carbocycles. The maximum absolute atomic E-state index is 13.3. The molecule has 4 rings (SSSR count). The van der Waals surface area contributed by atoms with Crippen LogP contribution in [-0.2, 0) is 14.3 Å². The molecule has 1 aliphatic heterocycles. The number of nitrogens with one attached hydrogen (secondary N) is 1. The Balaban J connectivity index is 1.47. The highest BCUT2D eigenvalue weighted by atomic mass is 16.5. The van der Waals surface area contributed by atoms with E-state index < -0.39 is 40.9 Å². The van der Waals surface area contributed by atoms with Crippen molar-refractivity contribution in [1.82, 2.24) is 10.2 Å². The van der Waals surface area contributed by atoms with Crippen molar-refractivity contribution in [2.75, 3.05) is 13.2 Å². The average molecular weight is 465 g/mol. The molecule has 7 nitrogen and oxygen atoms in total. The van der Waals surface area contributed by atoms with E-state index >= 15 is 0 Å². The Kier molecular flexibility index (Phi) is 5.92. The first kappa shape index (κ1) is 23.8. The molecule has 2 N–H and O–H groups in total. The molecule has 0 bridgehead atoms. The number of carboxylic acids is 1. The van der Waals surface area contributed by atoms with Crippen molar-refractivity contribution >= 4 is 18.0 Å².